The summed E-state index contributed by atoms with van der Waals surface area (Å²) in [5, 5.41) is 2.83. The molecule has 3 N–H and O–H groups in total. The molecule has 0 aliphatic carbocycles. The van der Waals surface area contributed by atoms with Crippen LogP contribution in [0.15, 0.2) is 0 Å². The van der Waals surface area contributed by atoms with Crippen LogP contribution in [-0.2, 0) is 4.79 Å². The van der Waals surface area contributed by atoms with E-state index in [1.807, 2.05) is 6.92 Å². The van der Waals surface area contributed by atoms with Crippen LogP contribution in [0, 0.1) is 5.41 Å². The second-order valence-corrected chi connectivity index (χ2v) is 5.43. The quantitative estimate of drug-likeness (QED) is 0.722. The van der Waals surface area contributed by atoms with Crippen molar-refractivity contribution < 1.29 is 4.79 Å². The number of likely N-dealkylation sites (tertiary alicyclic amines) is 1. The van der Waals surface area contributed by atoms with Crippen molar-refractivity contribution in [3.63, 3.8) is 0 Å². The number of hydrogen-bond donors (Lipinski definition) is 2. The van der Waals surface area contributed by atoms with E-state index < -0.39 is 0 Å². The van der Waals surface area contributed by atoms with E-state index >= 15 is 0 Å². The molecular formula is C12H25N3O. The Kier molecular flexibility index (Phi) is 4.74. The van der Waals surface area contributed by atoms with E-state index in [9.17, 15) is 4.79 Å². The van der Waals surface area contributed by atoms with Crippen LogP contribution in [0.25, 0.3) is 0 Å². The van der Waals surface area contributed by atoms with E-state index in [0.29, 0.717) is 24.9 Å². The minimum Gasteiger partial charge on any atom is -0.356 e. The summed E-state index contributed by atoms with van der Waals surface area (Å²) in [5.41, 5.74) is 6.13. The first-order valence-corrected chi connectivity index (χ1v) is 6.19. The summed E-state index contributed by atoms with van der Waals surface area (Å²) in [7, 11) is 0. The fourth-order valence-corrected chi connectivity index (χ4v) is 2.31. The molecule has 0 bridgehead atoms. The Morgan fingerprint density at radius 3 is 2.69 bits per heavy atom. The van der Waals surface area contributed by atoms with Gasteiger partial charge in [-0.1, -0.05) is 13.8 Å². The molecule has 0 aromatic rings. The Bertz CT molecular complexity index is 240. The van der Waals surface area contributed by atoms with Crippen molar-refractivity contribution in [2.24, 2.45) is 11.1 Å². The molecule has 0 aromatic heterocycles. The number of carbonyl (C=O) groups is 1. The van der Waals surface area contributed by atoms with Gasteiger partial charge in [-0.3, -0.25) is 9.69 Å². The molecule has 0 saturated carbocycles. The molecule has 1 fully saturated rings. The van der Waals surface area contributed by atoms with Gasteiger partial charge in [-0.05, 0) is 25.3 Å². The van der Waals surface area contributed by atoms with Gasteiger partial charge in [0.25, 0.3) is 0 Å². The summed E-state index contributed by atoms with van der Waals surface area (Å²) >= 11 is 0. The zero-order chi connectivity index (χ0) is 12.2. The van der Waals surface area contributed by atoms with E-state index in [0.717, 1.165) is 13.1 Å². The Labute approximate surface area is 98.6 Å². The summed E-state index contributed by atoms with van der Waals surface area (Å²) in [6, 6.07) is 0.202. The lowest BCUT2D eigenvalue weighted by atomic mass is 9.93. The fraction of sp³-hybridized carbons (Fsp3) is 0.917. The van der Waals surface area contributed by atoms with Crippen LogP contribution in [-0.4, -0.2) is 43.0 Å². The molecule has 4 nitrogen and oxygen atoms in total. The molecule has 16 heavy (non-hydrogen) atoms. The van der Waals surface area contributed by atoms with Crippen LogP contribution < -0.4 is 11.1 Å². The van der Waals surface area contributed by atoms with Crippen molar-refractivity contribution in [2.45, 2.75) is 39.7 Å². The number of carbonyl (C=O) groups excluding carboxylic acids is 1. The largest absolute Gasteiger partial charge is 0.356 e. The van der Waals surface area contributed by atoms with Crippen LogP contribution in [0.3, 0.4) is 0 Å². The number of rotatable bonds is 5. The number of nitrogens with two attached hydrogens (primary N) is 1. The third-order valence-electron chi connectivity index (χ3n) is 3.29. The lowest BCUT2D eigenvalue weighted by Crippen LogP contribution is -2.43. The highest BCUT2D eigenvalue weighted by Gasteiger charge is 2.33. The number of nitrogens with zero attached hydrogens (tertiary/aromatic N) is 1. The molecule has 1 aliphatic rings. The maximum absolute atomic E-state index is 11.5. The number of amides is 1. The first-order valence-electron chi connectivity index (χ1n) is 6.19. The van der Waals surface area contributed by atoms with Gasteiger partial charge in [-0.2, -0.15) is 0 Å². The van der Waals surface area contributed by atoms with Gasteiger partial charge in [-0.15, -0.1) is 0 Å². The molecule has 0 spiro atoms. The summed E-state index contributed by atoms with van der Waals surface area (Å²) < 4.78 is 0. The van der Waals surface area contributed by atoms with Crippen molar-refractivity contribution >= 4 is 5.91 Å². The first kappa shape index (κ1) is 13.5. The van der Waals surface area contributed by atoms with E-state index in [1.54, 1.807) is 0 Å². The van der Waals surface area contributed by atoms with Gasteiger partial charge in [0, 0.05) is 32.1 Å². The Morgan fingerprint density at radius 2 is 2.25 bits per heavy atom. The molecule has 1 rings (SSSR count). The SMILES string of the molecule is CCNC(=O)CC(CN)N1CCC(C)(C)C1. The lowest BCUT2D eigenvalue weighted by Gasteiger charge is -2.27. The maximum Gasteiger partial charge on any atom is 0.221 e. The lowest BCUT2D eigenvalue weighted by molar-refractivity contribution is -0.122. The van der Waals surface area contributed by atoms with Gasteiger partial charge < -0.3 is 11.1 Å². The van der Waals surface area contributed by atoms with Crippen LogP contribution in [0.5, 0.6) is 0 Å². The standard InChI is InChI=1S/C12H25N3O/c1-4-14-11(16)7-10(8-13)15-6-5-12(2,3)9-15/h10H,4-9,13H2,1-3H3,(H,14,16). The predicted octanol–water partition coefficient (Wildman–Crippen LogP) is 0.572. The predicted molar refractivity (Wildman–Crippen MR) is 66.1 cm³/mol. The summed E-state index contributed by atoms with van der Waals surface area (Å²) in [5.74, 6) is 0.114. The molecule has 1 aliphatic heterocycles. The zero-order valence-corrected chi connectivity index (χ0v) is 10.8. The molecule has 1 saturated heterocycles. The highest BCUT2D eigenvalue weighted by atomic mass is 16.1. The van der Waals surface area contributed by atoms with E-state index in [2.05, 4.69) is 24.1 Å². The second-order valence-electron chi connectivity index (χ2n) is 5.43. The van der Waals surface area contributed by atoms with Gasteiger partial charge in [0.2, 0.25) is 5.91 Å². The van der Waals surface area contributed by atoms with Crippen molar-refractivity contribution in [3.8, 4) is 0 Å². The van der Waals surface area contributed by atoms with Crippen molar-refractivity contribution in [1.29, 1.82) is 0 Å². The smallest absolute Gasteiger partial charge is 0.221 e. The van der Waals surface area contributed by atoms with Gasteiger partial charge in [0.05, 0.1) is 0 Å². The number of hydrogen-bond acceptors (Lipinski definition) is 3. The van der Waals surface area contributed by atoms with Crippen LogP contribution in [0.2, 0.25) is 0 Å². The van der Waals surface area contributed by atoms with Crippen molar-refractivity contribution in [1.82, 2.24) is 10.2 Å². The molecule has 94 valence electrons. The Morgan fingerprint density at radius 1 is 1.56 bits per heavy atom. The van der Waals surface area contributed by atoms with Crippen LogP contribution in [0.4, 0.5) is 0 Å². The molecule has 1 atom stereocenters. The zero-order valence-electron chi connectivity index (χ0n) is 10.8. The van der Waals surface area contributed by atoms with E-state index in [1.165, 1.54) is 6.42 Å². The Hall–Kier alpha value is -0.610. The molecule has 1 amide bonds. The highest BCUT2D eigenvalue weighted by Crippen LogP contribution is 2.30. The third kappa shape index (κ3) is 3.76. The first-order chi connectivity index (χ1) is 7.48. The molecule has 4 heteroatoms. The average molecular weight is 227 g/mol. The molecule has 1 unspecified atom stereocenters. The van der Waals surface area contributed by atoms with E-state index in [4.69, 9.17) is 5.73 Å². The third-order valence-corrected chi connectivity index (χ3v) is 3.29. The molecular weight excluding hydrogens is 202 g/mol. The normalized spacial score (nSPS) is 22.0. The number of nitrogens with one attached hydrogen (secondary N) is 1. The molecule has 0 aromatic carbocycles. The van der Waals surface area contributed by atoms with Gasteiger partial charge in [0.1, 0.15) is 0 Å². The minimum atomic E-state index is 0.114. The molecule has 1 heterocycles. The van der Waals surface area contributed by atoms with Crippen LogP contribution >= 0.6 is 0 Å². The van der Waals surface area contributed by atoms with Gasteiger partial charge >= 0.3 is 0 Å². The Balaban J connectivity index is 2.46. The topological polar surface area (TPSA) is 58.4 Å². The monoisotopic (exact) mass is 227 g/mol. The van der Waals surface area contributed by atoms with Crippen molar-refractivity contribution in [2.75, 3.05) is 26.2 Å². The van der Waals surface area contributed by atoms with Crippen LogP contribution in [0.1, 0.15) is 33.6 Å². The maximum atomic E-state index is 11.5. The summed E-state index contributed by atoms with van der Waals surface area (Å²) in [6.45, 7) is 9.85. The second kappa shape index (κ2) is 5.64. The summed E-state index contributed by atoms with van der Waals surface area (Å²) in [4.78, 5) is 13.9. The average Bonchev–Trinajstić information content (AvgIpc) is 2.55. The van der Waals surface area contributed by atoms with Gasteiger partial charge in [-0.25, -0.2) is 0 Å². The fourth-order valence-electron chi connectivity index (χ4n) is 2.31. The minimum absolute atomic E-state index is 0.114. The van der Waals surface area contributed by atoms with Gasteiger partial charge in [0.15, 0.2) is 0 Å². The summed E-state index contributed by atoms with van der Waals surface area (Å²) in [6.07, 6.45) is 1.72. The van der Waals surface area contributed by atoms with E-state index in [-0.39, 0.29) is 11.9 Å². The van der Waals surface area contributed by atoms with Crippen molar-refractivity contribution in [3.05, 3.63) is 0 Å². The highest BCUT2D eigenvalue weighted by molar-refractivity contribution is 5.76. The molecule has 0 radical (unpaired) electrons.